The van der Waals surface area contributed by atoms with Crippen molar-refractivity contribution >= 4 is 22.8 Å². The Morgan fingerprint density at radius 1 is 0.962 bits per heavy atom. The predicted molar refractivity (Wildman–Crippen MR) is 102 cm³/mol. The number of rotatable bonds is 2. The van der Waals surface area contributed by atoms with Crippen LogP contribution in [0, 0.1) is 17.8 Å². The molecule has 0 N–H and O–H groups in total. The summed E-state index contributed by atoms with van der Waals surface area (Å²) in [6, 6.07) is 7.98. The molecule has 2 aliphatic heterocycles. The lowest BCUT2D eigenvalue weighted by Gasteiger charge is -2.34. The fraction of sp³-hybridized carbons (Fsp3) is 0.571. The van der Waals surface area contributed by atoms with Gasteiger partial charge in [0, 0.05) is 32.1 Å². The van der Waals surface area contributed by atoms with Crippen LogP contribution >= 0.6 is 0 Å². The molecule has 5 rings (SSSR count). The van der Waals surface area contributed by atoms with Gasteiger partial charge in [0.15, 0.2) is 0 Å². The Hall–Kier alpha value is -2.17. The molecule has 2 unspecified atom stereocenters. The molecule has 2 aromatic rings. The van der Waals surface area contributed by atoms with Gasteiger partial charge in [-0.3, -0.25) is 9.78 Å². The number of fused-ring (bicyclic) bond motifs is 2. The summed E-state index contributed by atoms with van der Waals surface area (Å²) in [6.07, 6.45) is 7.74. The van der Waals surface area contributed by atoms with Gasteiger partial charge in [-0.15, -0.1) is 0 Å². The number of hydrogen-bond acceptors (Lipinski definition) is 4. The third kappa shape index (κ3) is 2.83. The molecule has 136 valence electrons. The van der Waals surface area contributed by atoms with Crippen LogP contribution in [-0.2, 0) is 4.79 Å². The number of aromatic nitrogens is 2. The summed E-state index contributed by atoms with van der Waals surface area (Å²) in [7, 11) is 0. The van der Waals surface area contributed by atoms with Gasteiger partial charge in [0.2, 0.25) is 5.91 Å². The highest BCUT2D eigenvalue weighted by Crippen LogP contribution is 2.38. The van der Waals surface area contributed by atoms with E-state index in [4.69, 9.17) is 4.98 Å². The number of likely N-dealkylation sites (tertiary alicyclic amines) is 1. The number of carbonyl (C=O) groups excluding carboxylic acids is 1. The zero-order chi connectivity index (χ0) is 17.5. The topological polar surface area (TPSA) is 49.3 Å². The molecule has 3 aliphatic rings. The lowest BCUT2D eigenvalue weighted by atomic mass is 9.95. The fourth-order valence-electron chi connectivity index (χ4n) is 5.13. The zero-order valence-corrected chi connectivity index (χ0v) is 15.2. The summed E-state index contributed by atoms with van der Waals surface area (Å²) in [5.74, 6) is 3.10. The second kappa shape index (κ2) is 6.53. The number of carbonyl (C=O) groups is 1. The second-order valence-corrected chi connectivity index (χ2v) is 8.17. The van der Waals surface area contributed by atoms with E-state index >= 15 is 0 Å². The number of nitrogens with zero attached hydrogens (tertiary/aromatic N) is 4. The first-order valence-electron chi connectivity index (χ1n) is 10.0. The molecule has 2 saturated heterocycles. The maximum atomic E-state index is 12.9. The minimum absolute atomic E-state index is 0.193. The normalized spacial score (nSPS) is 26.5. The Bertz CT molecular complexity index is 803. The van der Waals surface area contributed by atoms with Gasteiger partial charge in [-0.05, 0) is 49.7 Å². The molecule has 0 bridgehead atoms. The van der Waals surface area contributed by atoms with Gasteiger partial charge in [0.1, 0.15) is 5.82 Å². The molecule has 3 heterocycles. The van der Waals surface area contributed by atoms with Crippen molar-refractivity contribution in [3.05, 3.63) is 30.5 Å². The molecule has 2 atom stereocenters. The largest absolute Gasteiger partial charge is 0.355 e. The molecular weight excluding hydrogens is 324 g/mol. The Kier molecular flexibility index (Phi) is 4.03. The smallest absolute Gasteiger partial charge is 0.225 e. The summed E-state index contributed by atoms with van der Waals surface area (Å²) < 4.78 is 0. The Morgan fingerprint density at radius 2 is 1.65 bits per heavy atom. The van der Waals surface area contributed by atoms with Gasteiger partial charge in [0.05, 0.1) is 17.2 Å². The van der Waals surface area contributed by atoms with E-state index in [1.165, 1.54) is 19.3 Å². The molecule has 26 heavy (non-hydrogen) atoms. The minimum atomic E-state index is 0.193. The van der Waals surface area contributed by atoms with E-state index in [1.54, 1.807) is 0 Å². The van der Waals surface area contributed by atoms with Gasteiger partial charge >= 0.3 is 0 Å². The Morgan fingerprint density at radius 3 is 2.38 bits per heavy atom. The van der Waals surface area contributed by atoms with Crippen molar-refractivity contribution in [2.45, 2.75) is 32.1 Å². The monoisotopic (exact) mass is 350 g/mol. The molecule has 1 amide bonds. The minimum Gasteiger partial charge on any atom is -0.355 e. The average molecular weight is 350 g/mol. The van der Waals surface area contributed by atoms with Crippen LogP contribution in [0.2, 0.25) is 0 Å². The van der Waals surface area contributed by atoms with Gasteiger partial charge in [-0.25, -0.2) is 4.98 Å². The lowest BCUT2D eigenvalue weighted by Crippen LogP contribution is -2.42. The van der Waals surface area contributed by atoms with Crippen molar-refractivity contribution in [1.82, 2.24) is 14.9 Å². The Balaban J connectivity index is 1.22. The SMILES string of the molecule is O=C(C1CCN(c2cnc3ccccc3n2)CC1)N1CC2CCCC2C1. The molecule has 1 saturated carbocycles. The number of piperidine rings is 1. The highest BCUT2D eigenvalue weighted by molar-refractivity contribution is 5.79. The van der Waals surface area contributed by atoms with Gasteiger partial charge in [-0.1, -0.05) is 18.6 Å². The van der Waals surface area contributed by atoms with E-state index in [2.05, 4.69) is 14.8 Å². The zero-order valence-electron chi connectivity index (χ0n) is 15.2. The highest BCUT2D eigenvalue weighted by atomic mass is 16.2. The van der Waals surface area contributed by atoms with Gasteiger partial charge < -0.3 is 9.80 Å². The van der Waals surface area contributed by atoms with Crippen molar-refractivity contribution in [3.8, 4) is 0 Å². The van der Waals surface area contributed by atoms with E-state index < -0.39 is 0 Å². The standard InChI is InChI=1S/C21H26N4O/c26-21(25-13-16-4-3-5-17(16)14-25)15-8-10-24(11-9-15)20-12-22-18-6-1-2-7-19(18)23-20/h1-2,6-7,12,15-17H,3-5,8-11,13-14H2. The van der Waals surface area contributed by atoms with E-state index in [1.807, 2.05) is 30.5 Å². The summed E-state index contributed by atoms with van der Waals surface area (Å²) in [6.45, 7) is 3.81. The number of para-hydroxylation sites is 2. The second-order valence-electron chi connectivity index (χ2n) is 8.17. The maximum Gasteiger partial charge on any atom is 0.225 e. The average Bonchev–Trinajstić information content (AvgIpc) is 3.29. The fourth-order valence-corrected chi connectivity index (χ4v) is 5.13. The first-order chi connectivity index (χ1) is 12.8. The van der Waals surface area contributed by atoms with Crippen molar-refractivity contribution in [3.63, 3.8) is 0 Å². The molecule has 1 aromatic heterocycles. The Labute approximate surface area is 154 Å². The van der Waals surface area contributed by atoms with Crippen LogP contribution in [0.15, 0.2) is 30.5 Å². The molecule has 1 aliphatic carbocycles. The molecule has 0 spiro atoms. The summed E-state index contributed by atoms with van der Waals surface area (Å²) in [5.41, 5.74) is 1.87. The molecule has 5 heteroatoms. The number of amides is 1. The van der Waals surface area contributed by atoms with Crippen molar-refractivity contribution in [2.75, 3.05) is 31.1 Å². The van der Waals surface area contributed by atoms with Gasteiger partial charge in [0.25, 0.3) is 0 Å². The quantitative estimate of drug-likeness (QED) is 0.835. The third-order valence-corrected chi connectivity index (χ3v) is 6.64. The van der Waals surface area contributed by atoms with E-state index in [-0.39, 0.29) is 5.92 Å². The maximum absolute atomic E-state index is 12.9. The van der Waals surface area contributed by atoms with Crippen molar-refractivity contribution in [2.24, 2.45) is 17.8 Å². The van der Waals surface area contributed by atoms with Crippen LogP contribution in [0.1, 0.15) is 32.1 Å². The van der Waals surface area contributed by atoms with Crippen LogP contribution in [0.4, 0.5) is 5.82 Å². The molecule has 0 radical (unpaired) electrons. The predicted octanol–water partition coefficient (Wildman–Crippen LogP) is 3.10. The van der Waals surface area contributed by atoms with E-state index in [0.29, 0.717) is 5.91 Å². The van der Waals surface area contributed by atoms with Crippen LogP contribution < -0.4 is 4.90 Å². The van der Waals surface area contributed by atoms with Crippen LogP contribution in [-0.4, -0.2) is 47.0 Å². The van der Waals surface area contributed by atoms with Gasteiger partial charge in [-0.2, -0.15) is 0 Å². The van der Waals surface area contributed by atoms with E-state index in [0.717, 1.165) is 67.7 Å². The van der Waals surface area contributed by atoms with Crippen LogP contribution in [0.3, 0.4) is 0 Å². The summed E-state index contributed by atoms with van der Waals surface area (Å²) >= 11 is 0. The third-order valence-electron chi connectivity index (χ3n) is 6.64. The summed E-state index contributed by atoms with van der Waals surface area (Å²) in [4.78, 5) is 26.7. The molecule has 3 fully saturated rings. The van der Waals surface area contributed by atoms with Crippen molar-refractivity contribution in [1.29, 1.82) is 0 Å². The van der Waals surface area contributed by atoms with Crippen LogP contribution in [0.25, 0.3) is 11.0 Å². The van der Waals surface area contributed by atoms with Crippen molar-refractivity contribution < 1.29 is 4.79 Å². The van der Waals surface area contributed by atoms with E-state index in [9.17, 15) is 4.79 Å². The first-order valence-corrected chi connectivity index (χ1v) is 10.0. The highest BCUT2D eigenvalue weighted by Gasteiger charge is 2.40. The molecule has 5 nitrogen and oxygen atoms in total. The lowest BCUT2D eigenvalue weighted by molar-refractivity contribution is -0.135. The first kappa shape index (κ1) is 16.0. The number of hydrogen-bond donors (Lipinski definition) is 0. The molecule has 1 aromatic carbocycles. The summed E-state index contributed by atoms with van der Waals surface area (Å²) in [5, 5.41) is 0. The molecular formula is C21H26N4O. The number of anilines is 1. The number of benzene rings is 1. The van der Waals surface area contributed by atoms with Crippen LogP contribution in [0.5, 0.6) is 0 Å².